The first-order valence-electron chi connectivity index (χ1n) is 11.3. The molecule has 1 saturated heterocycles. The quantitative estimate of drug-likeness (QED) is 0.248. The Kier molecular flexibility index (Phi) is 6.58. The number of hydrogen-bond acceptors (Lipinski definition) is 11. The summed E-state index contributed by atoms with van der Waals surface area (Å²) < 4.78 is 26.9. The molecule has 2 aromatic carbocycles. The smallest absolute Gasteiger partial charge is 0.323 e. The summed E-state index contributed by atoms with van der Waals surface area (Å²) in [4.78, 5) is 15.6. The van der Waals surface area contributed by atoms with Crippen molar-refractivity contribution in [3.8, 4) is 11.5 Å². The lowest BCUT2D eigenvalue weighted by Gasteiger charge is -2.30. The van der Waals surface area contributed by atoms with E-state index >= 15 is 0 Å². The molecule has 36 heavy (non-hydrogen) atoms. The maximum absolute atomic E-state index is 12.1. The van der Waals surface area contributed by atoms with Gasteiger partial charge in [-0.3, -0.25) is 10.1 Å². The fourth-order valence-corrected chi connectivity index (χ4v) is 4.38. The molecular formula is C24H25N5O7. The van der Waals surface area contributed by atoms with Gasteiger partial charge >= 0.3 is 5.69 Å². The zero-order chi connectivity index (χ0) is 25.1. The lowest BCUT2D eigenvalue weighted by molar-refractivity contribution is -0.382. The SMILES string of the molecule is COc1ccc(CN(Cc2ccco2)c2cc(N3CCOCC3)c([N+](=O)[O-])c3nonc23)cc1OC. The highest BCUT2D eigenvalue weighted by Crippen LogP contribution is 2.41. The number of aromatic nitrogens is 2. The summed E-state index contributed by atoms with van der Waals surface area (Å²) in [6.07, 6.45) is 1.60. The first-order valence-corrected chi connectivity index (χ1v) is 11.3. The molecule has 4 aromatic rings. The summed E-state index contributed by atoms with van der Waals surface area (Å²) >= 11 is 0. The number of ether oxygens (including phenoxy) is 3. The van der Waals surface area contributed by atoms with Crippen LogP contribution in [-0.2, 0) is 17.8 Å². The summed E-state index contributed by atoms with van der Waals surface area (Å²) in [6, 6.07) is 11.1. The van der Waals surface area contributed by atoms with Crippen LogP contribution in [0, 0.1) is 10.1 Å². The van der Waals surface area contributed by atoms with Crippen molar-refractivity contribution in [2.75, 3.05) is 50.3 Å². The average Bonchev–Trinajstić information content (AvgIpc) is 3.60. The third-order valence-corrected chi connectivity index (χ3v) is 6.09. The molecule has 0 aliphatic carbocycles. The van der Waals surface area contributed by atoms with Gasteiger partial charge in [-0.2, -0.15) is 0 Å². The molecule has 12 nitrogen and oxygen atoms in total. The van der Waals surface area contributed by atoms with Gasteiger partial charge < -0.3 is 28.4 Å². The van der Waals surface area contributed by atoms with Crippen LogP contribution in [-0.4, -0.2) is 55.8 Å². The van der Waals surface area contributed by atoms with Gasteiger partial charge in [0.15, 0.2) is 17.0 Å². The molecule has 0 amide bonds. The van der Waals surface area contributed by atoms with Crippen LogP contribution in [0.1, 0.15) is 11.3 Å². The molecule has 0 saturated carbocycles. The molecule has 1 aliphatic heterocycles. The van der Waals surface area contributed by atoms with E-state index in [4.69, 9.17) is 23.3 Å². The van der Waals surface area contributed by atoms with Crippen LogP contribution in [0.4, 0.5) is 17.1 Å². The van der Waals surface area contributed by atoms with E-state index in [1.165, 1.54) is 0 Å². The number of benzene rings is 2. The molecule has 3 heterocycles. The highest BCUT2D eigenvalue weighted by atomic mass is 16.6. The lowest BCUT2D eigenvalue weighted by atomic mass is 10.1. The number of rotatable bonds is 9. The maximum atomic E-state index is 12.1. The van der Waals surface area contributed by atoms with Crippen molar-refractivity contribution < 1.29 is 28.2 Å². The number of fused-ring (bicyclic) bond motifs is 1. The molecule has 5 rings (SSSR count). The Labute approximate surface area is 206 Å². The number of anilines is 2. The lowest BCUT2D eigenvalue weighted by Crippen LogP contribution is -2.36. The van der Waals surface area contributed by atoms with Gasteiger partial charge in [0.1, 0.15) is 11.4 Å². The predicted octanol–water partition coefficient (Wildman–Crippen LogP) is 3.78. The Morgan fingerprint density at radius 3 is 2.53 bits per heavy atom. The van der Waals surface area contributed by atoms with E-state index in [0.29, 0.717) is 73.5 Å². The predicted molar refractivity (Wildman–Crippen MR) is 130 cm³/mol. The van der Waals surface area contributed by atoms with Gasteiger partial charge in [-0.15, -0.1) is 0 Å². The second-order valence-electron chi connectivity index (χ2n) is 8.21. The van der Waals surface area contributed by atoms with Gasteiger partial charge in [-0.1, -0.05) is 6.07 Å². The fraction of sp³-hybridized carbons (Fsp3) is 0.333. The Morgan fingerprint density at radius 2 is 1.83 bits per heavy atom. The minimum Gasteiger partial charge on any atom is -0.493 e. The summed E-state index contributed by atoms with van der Waals surface area (Å²) in [5.74, 6) is 1.93. The first kappa shape index (κ1) is 23.4. The highest BCUT2D eigenvalue weighted by Gasteiger charge is 2.31. The van der Waals surface area contributed by atoms with E-state index in [2.05, 4.69) is 10.3 Å². The second-order valence-corrected chi connectivity index (χ2v) is 8.21. The molecular weight excluding hydrogens is 470 g/mol. The van der Waals surface area contributed by atoms with E-state index in [-0.39, 0.29) is 11.2 Å². The van der Waals surface area contributed by atoms with Gasteiger partial charge in [0.25, 0.3) is 0 Å². The Hall–Kier alpha value is -4.32. The molecule has 0 spiro atoms. The van der Waals surface area contributed by atoms with E-state index in [9.17, 15) is 10.1 Å². The summed E-state index contributed by atoms with van der Waals surface area (Å²) in [6.45, 7) is 2.79. The molecule has 1 aliphatic rings. The van der Waals surface area contributed by atoms with Crippen LogP contribution >= 0.6 is 0 Å². The maximum Gasteiger partial charge on any atom is 0.323 e. The van der Waals surface area contributed by atoms with Crippen molar-refractivity contribution in [1.29, 1.82) is 0 Å². The number of nitro benzene ring substituents is 1. The number of hydrogen-bond donors (Lipinski definition) is 0. The zero-order valence-electron chi connectivity index (χ0n) is 19.9. The molecule has 0 atom stereocenters. The minimum atomic E-state index is -0.438. The largest absolute Gasteiger partial charge is 0.493 e. The summed E-state index contributed by atoms with van der Waals surface area (Å²) in [5.41, 5.74) is 2.25. The third kappa shape index (κ3) is 4.50. The van der Waals surface area contributed by atoms with Crippen molar-refractivity contribution in [3.05, 3.63) is 64.1 Å². The van der Waals surface area contributed by atoms with Crippen LogP contribution in [0.15, 0.2) is 51.7 Å². The van der Waals surface area contributed by atoms with Gasteiger partial charge in [-0.25, -0.2) is 4.63 Å². The average molecular weight is 495 g/mol. The third-order valence-electron chi connectivity index (χ3n) is 6.09. The van der Waals surface area contributed by atoms with E-state index < -0.39 is 4.92 Å². The Balaban J connectivity index is 1.64. The number of methoxy groups -OCH3 is 2. The van der Waals surface area contributed by atoms with Crippen LogP contribution < -0.4 is 19.3 Å². The van der Waals surface area contributed by atoms with Crippen molar-refractivity contribution in [1.82, 2.24) is 10.3 Å². The normalized spacial score (nSPS) is 13.7. The molecule has 0 radical (unpaired) electrons. The molecule has 12 heteroatoms. The van der Waals surface area contributed by atoms with Crippen LogP contribution in [0.25, 0.3) is 11.0 Å². The summed E-state index contributed by atoms with van der Waals surface area (Å²) in [5, 5.41) is 20.1. The molecule has 0 bridgehead atoms. The van der Waals surface area contributed by atoms with Crippen molar-refractivity contribution in [2.45, 2.75) is 13.1 Å². The zero-order valence-corrected chi connectivity index (χ0v) is 19.9. The Morgan fingerprint density at radius 1 is 1.06 bits per heavy atom. The fourth-order valence-electron chi connectivity index (χ4n) is 4.38. The van der Waals surface area contributed by atoms with Crippen LogP contribution in [0.3, 0.4) is 0 Å². The molecule has 2 aromatic heterocycles. The second kappa shape index (κ2) is 10.1. The van der Waals surface area contributed by atoms with Crippen molar-refractivity contribution in [2.24, 2.45) is 0 Å². The molecule has 1 fully saturated rings. The molecule has 188 valence electrons. The topological polar surface area (TPSA) is 129 Å². The monoisotopic (exact) mass is 495 g/mol. The van der Waals surface area contributed by atoms with E-state index in [1.54, 1.807) is 26.5 Å². The number of nitrogens with zero attached hydrogens (tertiary/aromatic N) is 5. The number of morpholine rings is 1. The standard InChI is InChI=1S/C24H25N5O7/c1-32-20-6-5-16(12-21(20)33-2)14-28(15-17-4-3-9-35-17)18-13-19(27-7-10-34-11-8-27)24(29(30)31)23-22(18)25-36-26-23/h3-6,9,12-13H,7-8,10-11,14-15H2,1-2H3. The van der Waals surface area contributed by atoms with Crippen molar-refractivity contribution >= 4 is 28.1 Å². The van der Waals surface area contributed by atoms with Gasteiger partial charge in [0.05, 0.1) is 50.9 Å². The number of furan rings is 1. The highest BCUT2D eigenvalue weighted by molar-refractivity contribution is 6.00. The first-order chi connectivity index (χ1) is 17.6. The van der Waals surface area contributed by atoms with Crippen LogP contribution in [0.2, 0.25) is 0 Å². The van der Waals surface area contributed by atoms with Crippen LogP contribution in [0.5, 0.6) is 11.5 Å². The van der Waals surface area contributed by atoms with Gasteiger partial charge in [0, 0.05) is 19.6 Å². The molecule has 0 unspecified atom stereocenters. The van der Waals surface area contributed by atoms with Crippen molar-refractivity contribution in [3.63, 3.8) is 0 Å². The summed E-state index contributed by atoms with van der Waals surface area (Å²) in [7, 11) is 3.16. The Bertz CT molecular complexity index is 1350. The number of nitro groups is 1. The van der Waals surface area contributed by atoms with E-state index in [1.807, 2.05) is 40.1 Å². The van der Waals surface area contributed by atoms with E-state index in [0.717, 1.165) is 5.56 Å². The van der Waals surface area contributed by atoms with Gasteiger partial charge in [-0.05, 0) is 46.2 Å². The molecule has 0 N–H and O–H groups in total. The minimum absolute atomic E-state index is 0.0933. The van der Waals surface area contributed by atoms with Gasteiger partial charge in [0.2, 0.25) is 5.52 Å².